The lowest BCUT2D eigenvalue weighted by atomic mass is 13.0. The molecule has 3 nitrogen and oxygen atoms in total. The summed E-state index contributed by atoms with van der Waals surface area (Å²) in [5, 5.41) is 0. The third-order valence-electron chi connectivity index (χ3n) is 0. The minimum atomic E-state index is 0. The molecule has 0 aliphatic heterocycles. The van der Waals surface area contributed by atoms with Crippen LogP contribution in [0.4, 0.5) is 0 Å². The number of halogens is 2. The van der Waals surface area contributed by atoms with E-state index in [1.54, 1.807) is 0 Å². The average molecular weight is 305 g/mol. The number of hydrogen-bond acceptors (Lipinski definition) is 3. The Morgan fingerprint density at radius 3 is 0.800 bits per heavy atom. The van der Waals surface area contributed by atoms with Crippen LogP contribution in [0.3, 0.4) is 0 Å². The van der Waals surface area contributed by atoms with Gasteiger partial charge in [-0.3, -0.25) is 11.7 Å². The Balaban J connectivity index is -0.00000000167. The Morgan fingerprint density at radius 1 is 0.800 bits per heavy atom. The van der Waals surface area contributed by atoms with Crippen molar-refractivity contribution in [2.75, 3.05) is 0 Å². The molecule has 0 atom stereocenters. The van der Waals surface area contributed by atoms with Gasteiger partial charge in [0.15, 0.2) is 0 Å². The van der Waals surface area contributed by atoms with Crippen LogP contribution in [0.25, 0.3) is 0 Å². The Labute approximate surface area is 65.4 Å². The van der Waals surface area contributed by atoms with Crippen molar-refractivity contribution >= 4 is 48.0 Å². The van der Waals surface area contributed by atoms with Crippen molar-refractivity contribution in [3.8, 4) is 0 Å². The molecule has 0 aliphatic carbocycles. The SMILES string of the molecule is I.I.N.NN. The summed E-state index contributed by atoms with van der Waals surface area (Å²) in [7, 11) is 0. The molecular formula is H9I2N3. The molecule has 38 valence electrons. The van der Waals surface area contributed by atoms with Gasteiger partial charge in [-0.05, 0) is 0 Å². The fraction of sp³-hybridized carbons (Fsp3) is 0. The molecule has 0 spiro atoms. The number of hydrogen-bond donors (Lipinski definition) is 3. The number of hydrazine groups is 1. The van der Waals surface area contributed by atoms with E-state index in [1.807, 2.05) is 0 Å². The summed E-state index contributed by atoms with van der Waals surface area (Å²) >= 11 is 0. The highest BCUT2D eigenvalue weighted by molar-refractivity contribution is 14.0. The van der Waals surface area contributed by atoms with Gasteiger partial charge in [0.1, 0.15) is 0 Å². The third kappa shape index (κ3) is 33.2. The fourth-order valence-corrected chi connectivity index (χ4v) is 0. The van der Waals surface area contributed by atoms with Gasteiger partial charge >= 0.3 is 0 Å². The number of rotatable bonds is 0. The van der Waals surface area contributed by atoms with Crippen LogP contribution in [-0.2, 0) is 0 Å². The molecule has 0 aromatic heterocycles. The largest absolute Gasteiger partial charge is 0.344 e. The minimum Gasteiger partial charge on any atom is -0.344 e. The molecule has 0 amide bonds. The first-order chi connectivity index (χ1) is 1.00. The monoisotopic (exact) mass is 305 g/mol. The van der Waals surface area contributed by atoms with Gasteiger partial charge in [-0.1, -0.05) is 0 Å². The van der Waals surface area contributed by atoms with E-state index in [-0.39, 0.29) is 54.1 Å². The molecule has 0 fully saturated rings. The first-order valence-corrected chi connectivity index (χ1v) is 0.333. The fourth-order valence-electron chi connectivity index (χ4n) is 0. The van der Waals surface area contributed by atoms with E-state index in [0.717, 1.165) is 0 Å². The maximum Gasteiger partial charge on any atom is -0.107 e. The Kier molecular flexibility index (Phi) is 370. The molecule has 0 saturated heterocycles. The van der Waals surface area contributed by atoms with E-state index >= 15 is 0 Å². The second kappa shape index (κ2) is 56.0. The Morgan fingerprint density at radius 2 is 0.800 bits per heavy atom. The van der Waals surface area contributed by atoms with Crippen molar-refractivity contribution < 1.29 is 0 Å². The van der Waals surface area contributed by atoms with Crippen LogP contribution in [-0.4, -0.2) is 0 Å². The first-order valence-electron chi connectivity index (χ1n) is 0.333. The maximum atomic E-state index is 4.00. The zero-order chi connectivity index (χ0) is 2.00. The van der Waals surface area contributed by atoms with E-state index in [9.17, 15) is 0 Å². The normalized spacial score (nSPS) is 1.20. The second-order valence-corrected chi connectivity index (χ2v) is 0. The van der Waals surface area contributed by atoms with Gasteiger partial charge in [-0.15, -0.1) is 48.0 Å². The van der Waals surface area contributed by atoms with Gasteiger partial charge in [-0.25, -0.2) is 0 Å². The minimum absolute atomic E-state index is 0. The summed E-state index contributed by atoms with van der Waals surface area (Å²) in [6.07, 6.45) is 0. The highest BCUT2D eigenvalue weighted by Gasteiger charge is 0.726. The van der Waals surface area contributed by atoms with Gasteiger partial charge in [-0.2, -0.15) is 0 Å². The van der Waals surface area contributed by atoms with Crippen molar-refractivity contribution in [3.63, 3.8) is 0 Å². The molecule has 5 heavy (non-hydrogen) atoms. The zero-order valence-corrected chi connectivity index (χ0v) is 7.34. The van der Waals surface area contributed by atoms with Crippen molar-refractivity contribution in [2.45, 2.75) is 0 Å². The summed E-state index contributed by atoms with van der Waals surface area (Å²) in [6.45, 7) is 0. The second-order valence-electron chi connectivity index (χ2n) is 0. The summed E-state index contributed by atoms with van der Waals surface area (Å²) in [6, 6.07) is 0. The summed E-state index contributed by atoms with van der Waals surface area (Å²) in [5.41, 5.74) is 0. The predicted octanol–water partition coefficient (Wildman–Crippen LogP) is 0.217. The average Bonchev–Trinajstić information content (AvgIpc) is 1.00. The van der Waals surface area contributed by atoms with Crippen LogP contribution >= 0.6 is 48.0 Å². The maximum absolute atomic E-state index is 4.00. The molecule has 0 aliphatic rings. The summed E-state index contributed by atoms with van der Waals surface area (Å²) in [4.78, 5) is 0. The molecule has 0 unspecified atom stereocenters. The molecule has 7 N–H and O–H groups in total. The van der Waals surface area contributed by atoms with Gasteiger partial charge in [0.2, 0.25) is 0 Å². The Bertz CT molecular complexity index is 4.85. The Hall–Kier alpha value is 1.34. The lowest BCUT2D eigenvalue weighted by Crippen LogP contribution is -2.02. The molecule has 0 saturated carbocycles. The van der Waals surface area contributed by atoms with Gasteiger partial charge in [0.05, 0.1) is 0 Å². The van der Waals surface area contributed by atoms with Crippen LogP contribution in [0.1, 0.15) is 0 Å². The lowest BCUT2D eigenvalue weighted by Gasteiger charge is -1.27. The molecular weight excluding hydrogens is 296 g/mol. The van der Waals surface area contributed by atoms with Crippen molar-refractivity contribution in [1.29, 1.82) is 0 Å². The van der Waals surface area contributed by atoms with Crippen LogP contribution in [0.15, 0.2) is 0 Å². The molecule has 0 rings (SSSR count). The smallest absolute Gasteiger partial charge is 0.107 e. The summed E-state index contributed by atoms with van der Waals surface area (Å²) in [5.74, 6) is 8.00. The van der Waals surface area contributed by atoms with E-state index in [2.05, 4.69) is 11.7 Å². The highest BCUT2D eigenvalue weighted by atomic mass is 127. The zero-order valence-electron chi connectivity index (χ0n) is 2.68. The highest BCUT2D eigenvalue weighted by Crippen LogP contribution is 0.887. The van der Waals surface area contributed by atoms with Gasteiger partial charge in [0, 0.05) is 0 Å². The van der Waals surface area contributed by atoms with Crippen LogP contribution in [0.5, 0.6) is 0 Å². The van der Waals surface area contributed by atoms with E-state index in [4.69, 9.17) is 0 Å². The molecule has 0 aromatic carbocycles. The molecule has 0 radical (unpaired) electrons. The van der Waals surface area contributed by atoms with Crippen LogP contribution in [0, 0.1) is 0 Å². The van der Waals surface area contributed by atoms with E-state index in [1.165, 1.54) is 0 Å². The summed E-state index contributed by atoms with van der Waals surface area (Å²) < 4.78 is 0. The van der Waals surface area contributed by atoms with E-state index in [0.29, 0.717) is 0 Å². The molecule has 5 heteroatoms. The van der Waals surface area contributed by atoms with Crippen molar-refractivity contribution in [2.24, 2.45) is 11.7 Å². The van der Waals surface area contributed by atoms with Crippen LogP contribution in [0.2, 0.25) is 0 Å². The van der Waals surface area contributed by atoms with Gasteiger partial charge < -0.3 is 6.15 Å². The molecule has 0 bridgehead atoms. The van der Waals surface area contributed by atoms with Gasteiger partial charge in [0.25, 0.3) is 0 Å². The van der Waals surface area contributed by atoms with Crippen molar-refractivity contribution in [3.05, 3.63) is 0 Å². The predicted molar refractivity (Wildman–Crippen MR) is 44.2 cm³/mol. The standard InChI is InChI=1S/2HI.H4N2.H3N/c;;1-2;/h2*1H;1-2H2;1H3. The van der Waals surface area contributed by atoms with Crippen LogP contribution < -0.4 is 17.8 Å². The quantitative estimate of drug-likeness (QED) is 0.340. The molecule has 0 heterocycles. The van der Waals surface area contributed by atoms with Crippen molar-refractivity contribution in [1.82, 2.24) is 6.15 Å². The third-order valence-corrected chi connectivity index (χ3v) is 0. The van der Waals surface area contributed by atoms with E-state index < -0.39 is 0 Å². The lowest BCUT2D eigenvalue weighted by molar-refractivity contribution is 1.26. The number of nitrogens with two attached hydrogens (primary N) is 2. The first kappa shape index (κ1) is 33.0. The topological polar surface area (TPSA) is 87.0 Å². The molecule has 0 aromatic rings.